The molecule has 0 amide bonds. The standard InChI is InChI=1S/C12H15N3O2/c1-17-12(16)5-7-15-10-2-3-11(14)9(8-10)4-6-13/h2-3,8,15H,4-5,7,14H2,1H3. The number of nitrogens with one attached hydrogen (secondary N) is 1. The van der Waals surface area contributed by atoms with Crippen LogP contribution in [0.3, 0.4) is 0 Å². The topological polar surface area (TPSA) is 88.1 Å². The van der Waals surface area contributed by atoms with Crippen molar-refractivity contribution < 1.29 is 9.53 Å². The summed E-state index contributed by atoms with van der Waals surface area (Å²) >= 11 is 0. The smallest absolute Gasteiger partial charge is 0.307 e. The molecular weight excluding hydrogens is 218 g/mol. The van der Waals surface area contributed by atoms with E-state index in [0.717, 1.165) is 11.3 Å². The molecule has 0 unspecified atom stereocenters. The number of nitrogens with zero attached hydrogens (tertiary/aromatic N) is 1. The SMILES string of the molecule is COC(=O)CCNc1ccc(N)c(CC#N)c1. The maximum Gasteiger partial charge on any atom is 0.307 e. The number of nitrogen functional groups attached to an aromatic ring is 1. The number of anilines is 2. The minimum absolute atomic E-state index is 0.259. The van der Waals surface area contributed by atoms with Gasteiger partial charge in [0.15, 0.2) is 0 Å². The fraction of sp³-hybridized carbons (Fsp3) is 0.333. The highest BCUT2D eigenvalue weighted by Gasteiger charge is 2.02. The second-order valence-electron chi connectivity index (χ2n) is 3.50. The maximum atomic E-state index is 10.9. The fourth-order valence-corrected chi connectivity index (χ4v) is 1.36. The second-order valence-corrected chi connectivity index (χ2v) is 3.50. The lowest BCUT2D eigenvalue weighted by atomic mass is 10.1. The summed E-state index contributed by atoms with van der Waals surface area (Å²) in [6.07, 6.45) is 0.576. The number of carbonyl (C=O) groups excluding carboxylic acids is 1. The van der Waals surface area contributed by atoms with Crippen LogP contribution in [-0.4, -0.2) is 19.6 Å². The number of ether oxygens (including phenoxy) is 1. The Hall–Kier alpha value is -2.22. The fourth-order valence-electron chi connectivity index (χ4n) is 1.36. The molecule has 1 aromatic carbocycles. The van der Waals surface area contributed by atoms with E-state index in [1.807, 2.05) is 12.1 Å². The average Bonchev–Trinajstić information content (AvgIpc) is 2.33. The average molecular weight is 233 g/mol. The molecular formula is C12H15N3O2. The number of carbonyl (C=O) groups is 1. The van der Waals surface area contributed by atoms with Crippen LogP contribution in [0.5, 0.6) is 0 Å². The molecule has 1 rings (SSSR count). The number of rotatable bonds is 5. The molecule has 17 heavy (non-hydrogen) atoms. The number of hydrogen-bond donors (Lipinski definition) is 2. The molecule has 0 bridgehead atoms. The highest BCUT2D eigenvalue weighted by Crippen LogP contribution is 2.18. The molecule has 0 atom stereocenters. The van der Waals surface area contributed by atoms with Crippen LogP contribution >= 0.6 is 0 Å². The van der Waals surface area contributed by atoms with Gasteiger partial charge in [0.1, 0.15) is 0 Å². The van der Waals surface area contributed by atoms with Crippen molar-refractivity contribution in [1.82, 2.24) is 0 Å². The van der Waals surface area contributed by atoms with Crippen LogP contribution in [0.1, 0.15) is 12.0 Å². The minimum Gasteiger partial charge on any atom is -0.469 e. The van der Waals surface area contributed by atoms with Gasteiger partial charge in [-0.1, -0.05) is 0 Å². The number of nitrogens with two attached hydrogens (primary N) is 1. The van der Waals surface area contributed by atoms with Crippen molar-refractivity contribution in [3.05, 3.63) is 23.8 Å². The Labute approximate surface area is 100 Å². The Kier molecular flexibility index (Phi) is 4.82. The Morgan fingerprint density at radius 1 is 1.59 bits per heavy atom. The van der Waals surface area contributed by atoms with Crippen LogP contribution in [-0.2, 0) is 16.0 Å². The third-order valence-electron chi connectivity index (χ3n) is 2.30. The third-order valence-corrected chi connectivity index (χ3v) is 2.30. The van der Waals surface area contributed by atoms with Gasteiger partial charge in [0, 0.05) is 17.9 Å². The van der Waals surface area contributed by atoms with Gasteiger partial charge in [-0.15, -0.1) is 0 Å². The van der Waals surface area contributed by atoms with Crippen LogP contribution in [0.25, 0.3) is 0 Å². The van der Waals surface area contributed by atoms with Crippen LogP contribution in [0.2, 0.25) is 0 Å². The first-order valence-electron chi connectivity index (χ1n) is 5.23. The number of methoxy groups -OCH3 is 1. The quantitative estimate of drug-likeness (QED) is 0.591. The Bertz CT molecular complexity index is 438. The lowest BCUT2D eigenvalue weighted by molar-refractivity contribution is -0.140. The van der Waals surface area contributed by atoms with E-state index < -0.39 is 0 Å². The number of nitriles is 1. The zero-order chi connectivity index (χ0) is 12.7. The van der Waals surface area contributed by atoms with Crippen molar-refractivity contribution in [2.24, 2.45) is 0 Å². The van der Waals surface area contributed by atoms with Gasteiger partial charge in [-0.05, 0) is 23.8 Å². The largest absolute Gasteiger partial charge is 0.469 e. The van der Waals surface area contributed by atoms with Gasteiger partial charge >= 0.3 is 5.97 Å². The molecule has 5 nitrogen and oxygen atoms in total. The summed E-state index contributed by atoms with van der Waals surface area (Å²) in [5.41, 5.74) is 7.95. The lowest BCUT2D eigenvalue weighted by Crippen LogP contribution is -2.10. The van der Waals surface area contributed by atoms with Crippen molar-refractivity contribution in [2.75, 3.05) is 24.7 Å². The van der Waals surface area contributed by atoms with Crippen molar-refractivity contribution >= 4 is 17.3 Å². The molecule has 3 N–H and O–H groups in total. The highest BCUT2D eigenvalue weighted by atomic mass is 16.5. The van der Waals surface area contributed by atoms with E-state index in [-0.39, 0.29) is 12.4 Å². The van der Waals surface area contributed by atoms with Crippen LogP contribution < -0.4 is 11.1 Å². The minimum atomic E-state index is -0.259. The summed E-state index contributed by atoms with van der Waals surface area (Å²) in [6, 6.07) is 7.43. The molecule has 0 aliphatic rings. The number of esters is 1. The Balaban J connectivity index is 2.57. The predicted octanol–water partition coefficient (Wildman–Crippen LogP) is 1.31. The van der Waals surface area contributed by atoms with Crippen molar-refractivity contribution in [2.45, 2.75) is 12.8 Å². The Morgan fingerprint density at radius 3 is 3.00 bits per heavy atom. The lowest BCUT2D eigenvalue weighted by Gasteiger charge is -2.08. The first-order chi connectivity index (χ1) is 8.17. The van der Waals surface area contributed by atoms with E-state index >= 15 is 0 Å². The number of hydrogen-bond acceptors (Lipinski definition) is 5. The van der Waals surface area contributed by atoms with Crippen LogP contribution in [0.15, 0.2) is 18.2 Å². The molecule has 0 fully saturated rings. The molecule has 0 aliphatic heterocycles. The normalized spacial score (nSPS) is 9.41. The first kappa shape index (κ1) is 12.8. The number of benzene rings is 1. The van der Waals surface area contributed by atoms with E-state index in [0.29, 0.717) is 18.7 Å². The molecule has 0 aromatic heterocycles. The van der Waals surface area contributed by atoms with E-state index in [1.165, 1.54) is 7.11 Å². The summed E-state index contributed by atoms with van der Waals surface area (Å²) < 4.78 is 4.53. The molecule has 0 saturated carbocycles. The molecule has 0 saturated heterocycles. The van der Waals surface area contributed by atoms with Crippen molar-refractivity contribution in [3.63, 3.8) is 0 Å². The zero-order valence-electron chi connectivity index (χ0n) is 9.69. The summed E-state index contributed by atoms with van der Waals surface area (Å²) in [5, 5.41) is 11.7. The molecule has 90 valence electrons. The first-order valence-corrected chi connectivity index (χ1v) is 5.23. The van der Waals surface area contributed by atoms with Gasteiger partial charge in [0.05, 0.1) is 26.0 Å². The van der Waals surface area contributed by atoms with Crippen LogP contribution in [0, 0.1) is 11.3 Å². The van der Waals surface area contributed by atoms with E-state index in [2.05, 4.69) is 16.1 Å². The van der Waals surface area contributed by atoms with E-state index in [9.17, 15) is 4.79 Å². The van der Waals surface area contributed by atoms with Crippen molar-refractivity contribution in [1.29, 1.82) is 5.26 Å². The molecule has 1 aromatic rings. The van der Waals surface area contributed by atoms with Gasteiger partial charge in [-0.25, -0.2) is 0 Å². The highest BCUT2D eigenvalue weighted by molar-refractivity contribution is 5.70. The van der Waals surface area contributed by atoms with Gasteiger partial charge in [-0.3, -0.25) is 4.79 Å². The third kappa shape index (κ3) is 4.03. The van der Waals surface area contributed by atoms with Gasteiger partial charge < -0.3 is 15.8 Å². The summed E-state index contributed by atoms with van der Waals surface area (Å²) in [5.74, 6) is -0.259. The summed E-state index contributed by atoms with van der Waals surface area (Å²) in [7, 11) is 1.36. The maximum absolute atomic E-state index is 10.9. The Morgan fingerprint density at radius 2 is 2.35 bits per heavy atom. The second kappa shape index (κ2) is 6.38. The monoisotopic (exact) mass is 233 g/mol. The molecule has 0 radical (unpaired) electrons. The van der Waals surface area contributed by atoms with E-state index in [4.69, 9.17) is 11.0 Å². The van der Waals surface area contributed by atoms with Gasteiger partial charge in [0.2, 0.25) is 0 Å². The van der Waals surface area contributed by atoms with Crippen molar-refractivity contribution in [3.8, 4) is 6.07 Å². The molecule has 0 heterocycles. The van der Waals surface area contributed by atoms with Gasteiger partial charge in [-0.2, -0.15) is 5.26 Å². The molecule has 0 spiro atoms. The summed E-state index contributed by atoms with van der Waals surface area (Å²) in [4.78, 5) is 10.9. The zero-order valence-corrected chi connectivity index (χ0v) is 9.69. The predicted molar refractivity (Wildman–Crippen MR) is 65.3 cm³/mol. The van der Waals surface area contributed by atoms with E-state index in [1.54, 1.807) is 6.07 Å². The van der Waals surface area contributed by atoms with Gasteiger partial charge in [0.25, 0.3) is 0 Å². The molecule has 0 aliphatic carbocycles. The molecule has 5 heteroatoms. The van der Waals surface area contributed by atoms with Crippen LogP contribution in [0.4, 0.5) is 11.4 Å². The summed E-state index contributed by atoms with van der Waals surface area (Å²) in [6.45, 7) is 0.489.